The molecule has 2 aromatic heterocycles. The molecule has 25 heavy (non-hydrogen) atoms. The third-order valence-electron chi connectivity index (χ3n) is 4.95. The van der Waals surface area contributed by atoms with E-state index in [0.717, 1.165) is 35.6 Å². The van der Waals surface area contributed by atoms with Gasteiger partial charge in [0.15, 0.2) is 0 Å². The Kier molecular flexibility index (Phi) is 4.13. The highest BCUT2D eigenvalue weighted by Crippen LogP contribution is 2.35. The lowest BCUT2D eigenvalue weighted by molar-refractivity contribution is 0.000711. The average Bonchev–Trinajstić information content (AvgIpc) is 3.08. The molecule has 1 fully saturated rings. The summed E-state index contributed by atoms with van der Waals surface area (Å²) in [4.78, 5) is 16.7. The number of fused-ring (bicyclic) bond motifs is 1. The number of hydrogen-bond acceptors (Lipinski definition) is 6. The van der Waals surface area contributed by atoms with Crippen LogP contribution in [-0.2, 0) is 12.6 Å². The molecule has 1 saturated heterocycles. The summed E-state index contributed by atoms with van der Waals surface area (Å²) in [6, 6.07) is 6.27. The van der Waals surface area contributed by atoms with Crippen molar-refractivity contribution in [1.82, 2.24) is 19.5 Å². The standard InChI is InChI=1S/C18H21N5OS/c1-22-10-7-19-17(22)18(24)5-8-23(9-6-18)16-14-11-13(25-2)3-4-15(14)20-12-21-16/h3-4,7,10-12,24H,5-6,8-9H2,1-2H3. The fraction of sp³-hybridized carbons (Fsp3) is 0.389. The van der Waals surface area contributed by atoms with Gasteiger partial charge in [-0.2, -0.15) is 0 Å². The first-order valence-corrected chi connectivity index (χ1v) is 9.57. The van der Waals surface area contributed by atoms with Crippen molar-refractivity contribution in [2.75, 3.05) is 24.2 Å². The first-order valence-electron chi connectivity index (χ1n) is 8.34. The monoisotopic (exact) mass is 355 g/mol. The van der Waals surface area contributed by atoms with Gasteiger partial charge < -0.3 is 14.6 Å². The summed E-state index contributed by atoms with van der Waals surface area (Å²) in [6.07, 6.45) is 8.56. The molecule has 0 unspecified atom stereocenters. The fourth-order valence-electron chi connectivity index (χ4n) is 3.53. The smallest absolute Gasteiger partial charge is 0.140 e. The second-order valence-electron chi connectivity index (χ2n) is 6.46. The molecule has 1 aliphatic heterocycles. The summed E-state index contributed by atoms with van der Waals surface area (Å²) < 4.78 is 1.90. The van der Waals surface area contributed by atoms with Gasteiger partial charge in [-0.3, -0.25) is 0 Å². The molecule has 0 amide bonds. The van der Waals surface area contributed by atoms with E-state index in [1.165, 1.54) is 4.90 Å². The van der Waals surface area contributed by atoms with Crippen LogP contribution in [-0.4, -0.2) is 44.0 Å². The molecule has 7 heteroatoms. The summed E-state index contributed by atoms with van der Waals surface area (Å²) in [5.41, 5.74) is 0.0786. The van der Waals surface area contributed by atoms with Crippen molar-refractivity contribution < 1.29 is 5.11 Å². The molecular weight excluding hydrogens is 334 g/mol. The molecule has 1 aliphatic rings. The SMILES string of the molecule is CSc1ccc2ncnc(N3CCC(O)(c4nccn4C)CC3)c2c1. The number of hydrogen-bond donors (Lipinski definition) is 1. The number of thioether (sulfide) groups is 1. The topological polar surface area (TPSA) is 67.1 Å². The molecule has 0 spiro atoms. The summed E-state index contributed by atoms with van der Waals surface area (Å²) >= 11 is 1.71. The second kappa shape index (κ2) is 6.31. The fourth-order valence-corrected chi connectivity index (χ4v) is 3.97. The van der Waals surface area contributed by atoms with Gasteiger partial charge >= 0.3 is 0 Å². The molecule has 3 aromatic rings. The van der Waals surface area contributed by atoms with Crippen molar-refractivity contribution in [2.45, 2.75) is 23.3 Å². The number of benzene rings is 1. The van der Waals surface area contributed by atoms with Crippen LogP contribution in [0.1, 0.15) is 18.7 Å². The maximum Gasteiger partial charge on any atom is 0.140 e. The van der Waals surface area contributed by atoms with Crippen LogP contribution < -0.4 is 4.90 Å². The maximum atomic E-state index is 11.0. The van der Waals surface area contributed by atoms with E-state index >= 15 is 0 Å². The van der Waals surface area contributed by atoms with Crippen molar-refractivity contribution in [3.8, 4) is 0 Å². The zero-order valence-corrected chi connectivity index (χ0v) is 15.2. The van der Waals surface area contributed by atoms with Gasteiger partial charge in [0.25, 0.3) is 0 Å². The Hall–Kier alpha value is -2.12. The average molecular weight is 355 g/mol. The molecule has 130 valence electrons. The van der Waals surface area contributed by atoms with Crippen molar-refractivity contribution in [2.24, 2.45) is 7.05 Å². The number of aliphatic hydroxyl groups is 1. The predicted octanol–water partition coefficient (Wildman–Crippen LogP) is 2.57. The lowest BCUT2D eigenvalue weighted by Crippen LogP contribution is -2.44. The number of anilines is 1. The molecule has 0 atom stereocenters. The van der Waals surface area contributed by atoms with Crippen molar-refractivity contribution in [1.29, 1.82) is 0 Å². The van der Waals surface area contributed by atoms with Gasteiger partial charge in [-0.1, -0.05) is 0 Å². The molecule has 0 aliphatic carbocycles. The second-order valence-corrected chi connectivity index (χ2v) is 7.34. The molecule has 1 aromatic carbocycles. The first-order chi connectivity index (χ1) is 12.1. The zero-order chi connectivity index (χ0) is 17.4. The molecule has 0 saturated carbocycles. The number of nitrogens with zero attached hydrogens (tertiary/aromatic N) is 5. The van der Waals surface area contributed by atoms with E-state index in [4.69, 9.17) is 0 Å². The van der Waals surface area contributed by atoms with E-state index < -0.39 is 5.60 Å². The van der Waals surface area contributed by atoms with Crippen molar-refractivity contribution >= 4 is 28.5 Å². The molecular formula is C18H21N5OS. The molecule has 0 bridgehead atoms. The highest BCUT2D eigenvalue weighted by Gasteiger charge is 2.37. The van der Waals surface area contributed by atoms with E-state index in [0.29, 0.717) is 12.8 Å². The largest absolute Gasteiger partial charge is 0.382 e. The van der Waals surface area contributed by atoms with E-state index in [9.17, 15) is 5.11 Å². The Balaban J connectivity index is 1.63. The Morgan fingerprint density at radius 3 is 2.64 bits per heavy atom. The van der Waals surface area contributed by atoms with Gasteiger partial charge in [-0.15, -0.1) is 11.8 Å². The van der Waals surface area contributed by atoms with Crippen LogP contribution in [0.3, 0.4) is 0 Å². The lowest BCUT2D eigenvalue weighted by atomic mass is 9.90. The first kappa shape index (κ1) is 16.4. The Morgan fingerprint density at radius 1 is 1.16 bits per heavy atom. The third-order valence-corrected chi connectivity index (χ3v) is 5.67. The van der Waals surface area contributed by atoms with Gasteiger partial charge in [0.1, 0.15) is 23.6 Å². The molecule has 3 heterocycles. The Bertz CT molecular complexity index is 901. The van der Waals surface area contributed by atoms with Crippen LogP contribution in [0.4, 0.5) is 5.82 Å². The van der Waals surface area contributed by atoms with Gasteiger partial charge in [0.05, 0.1) is 5.52 Å². The van der Waals surface area contributed by atoms with Crippen LogP contribution in [0.2, 0.25) is 0 Å². The lowest BCUT2D eigenvalue weighted by Gasteiger charge is -2.38. The van der Waals surface area contributed by atoms with Crippen LogP contribution in [0.15, 0.2) is 41.8 Å². The van der Waals surface area contributed by atoms with Crippen molar-refractivity contribution in [3.63, 3.8) is 0 Å². The minimum atomic E-state index is -0.873. The minimum Gasteiger partial charge on any atom is -0.382 e. The predicted molar refractivity (Wildman–Crippen MR) is 99.9 cm³/mol. The number of imidazole rings is 1. The summed E-state index contributed by atoms with van der Waals surface area (Å²) in [7, 11) is 1.93. The van der Waals surface area contributed by atoms with Crippen LogP contribution >= 0.6 is 11.8 Å². The summed E-state index contributed by atoms with van der Waals surface area (Å²) in [5, 5.41) is 12.1. The van der Waals surface area contributed by atoms with Gasteiger partial charge in [-0.25, -0.2) is 15.0 Å². The highest BCUT2D eigenvalue weighted by atomic mass is 32.2. The molecule has 6 nitrogen and oxygen atoms in total. The van der Waals surface area contributed by atoms with Gasteiger partial charge in [0.2, 0.25) is 0 Å². The number of aromatic nitrogens is 4. The van der Waals surface area contributed by atoms with Gasteiger partial charge in [0, 0.05) is 55.7 Å². The number of aryl methyl sites for hydroxylation is 1. The van der Waals surface area contributed by atoms with E-state index in [1.807, 2.05) is 23.9 Å². The quantitative estimate of drug-likeness (QED) is 0.729. The van der Waals surface area contributed by atoms with Crippen molar-refractivity contribution in [3.05, 3.63) is 42.7 Å². The van der Waals surface area contributed by atoms with Crippen LogP contribution in [0.5, 0.6) is 0 Å². The van der Waals surface area contributed by atoms with Gasteiger partial charge in [-0.05, 0) is 24.5 Å². The highest BCUT2D eigenvalue weighted by molar-refractivity contribution is 7.98. The third kappa shape index (κ3) is 2.87. The minimum absolute atomic E-state index is 0.631. The molecule has 0 radical (unpaired) electrons. The summed E-state index contributed by atoms with van der Waals surface area (Å²) in [5.74, 6) is 1.69. The van der Waals surface area contributed by atoms with Crippen LogP contribution in [0.25, 0.3) is 10.9 Å². The van der Waals surface area contributed by atoms with E-state index in [1.54, 1.807) is 24.3 Å². The normalized spacial score (nSPS) is 17.2. The molecule has 4 rings (SSSR count). The number of rotatable bonds is 3. The summed E-state index contributed by atoms with van der Waals surface area (Å²) in [6.45, 7) is 1.47. The molecule has 1 N–H and O–H groups in total. The van der Waals surface area contributed by atoms with E-state index in [-0.39, 0.29) is 0 Å². The maximum absolute atomic E-state index is 11.0. The Morgan fingerprint density at radius 2 is 1.96 bits per heavy atom. The number of piperidine rings is 1. The zero-order valence-electron chi connectivity index (χ0n) is 14.4. The Labute approximate surface area is 150 Å². The van der Waals surface area contributed by atoms with Crippen LogP contribution in [0, 0.1) is 0 Å². The van der Waals surface area contributed by atoms with E-state index in [2.05, 4.69) is 38.2 Å².